The summed E-state index contributed by atoms with van der Waals surface area (Å²) in [5, 5.41) is 12.4. The lowest BCUT2D eigenvalue weighted by Crippen LogP contribution is -2.60. The Balaban J connectivity index is 2.77. The number of nitrogens with zero attached hydrogens (tertiary/aromatic N) is 2. The fraction of sp³-hybridized carbons (Fsp3) is 0.933. The molecule has 1 aliphatic heterocycles. The molecule has 19 heavy (non-hydrogen) atoms. The Labute approximate surface area is 118 Å². The molecule has 4 heteroatoms. The van der Waals surface area contributed by atoms with Gasteiger partial charge in [0, 0.05) is 19.1 Å². The summed E-state index contributed by atoms with van der Waals surface area (Å²) in [6.07, 6.45) is 0.812. The van der Waals surface area contributed by atoms with E-state index in [4.69, 9.17) is 4.74 Å². The van der Waals surface area contributed by atoms with Crippen molar-refractivity contribution in [3.63, 3.8) is 0 Å². The van der Waals surface area contributed by atoms with Gasteiger partial charge >= 0.3 is 0 Å². The molecule has 1 saturated heterocycles. The molecule has 2 unspecified atom stereocenters. The van der Waals surface area contributed by atoms with Crippen LogP contribution in [-0.2, 0) is 4.74 Å². The van der Waals surface area contributed by atoms with Gasteiger partial charge in [0.15, 0.2) is 0 Å². The van der Waals surface area contributed by atoms with Crippen LogP contribution in [0.5, 0.6) is 0 Å². The molecular formula is C15H29N3O. The predicted molar refractivity (Wildman–Crippen MR) is 78.0 cm³/mol. The van der Waals surface area contributed by atoms with Gasteiger partial charge in [-0.05, 0) is 55.0 Å². The number of hydrogen-bond donors (Lipinski definition) is 1. The second-order valence-corrected chi connectivity index (χ2v) is 7.27. The fourth-order valence-corrected chi connectivity index (χ4v) is 3.08. The van der Waals surface area contributed by atoms with E-state index in [1.165, 1.54) is 0 Å². The van der Waals surface area contributed by atoms with E-state index in [1.54, 1.807) is 0 Å². The first kappa shape index (κ1) is 16.4. The van der Waals surface area contributed by atoms with Crippen molar-refractivity contribution in [3.05, 3.63) is 0 Å². The van der Waals surface area contributed by atoms with Crippen molar-refractivity contribution in [1.29, 1.82) is 5.26 Å². The maximum atomic E-state index is 9.28. The van der Waals surface area contributed by atoms with Crippen molar-refractivity contribution < 1.29 is 4.74 Å². The van der Waals surface area contributed by atoms with Crippen molar-refractivity contribution in [2.75, 3.05) is 20.1 Å². The van der Waals surface area contributed by atoms with Crippen LogP contribution >= 0.6 is 0 Å². The third kappa shape index (κ3) is 4.45. The van der Waals surface area contributed by atoms with Gasteiger partial charge in [-0.25, -0.2) is 0 Å². The first-order chi connectivity index (χ1) is 8.52. The first-order valence-electron chi connectivity index (χ1n) is 7.07. The van der Waals surface area contributed by atoms with E-state index in [0.717, 1.165) is 19.5 Å². The van der Waals surface area contributed by atoms with E-state index in [1.807, 2.05) is 14.0 Å². The molecule has 1 fully saturated rings. The molecule has 1 rings (SSSR count). The average Bonchev–Trinajstić information content (AvgIpc) is 2.24. The quantitative estimate of drug-likeness (QED) is 0.848. The van der Waals surface area contributed by atoms with Crippen LogP contribution in [0.25, 0.3) is 0 Å². The van der Waals surface area contributed by atoms with Crippen LogP contribution in [0.3, 0.4) is 0 Å². The third-order valence-corrected chi connectivity index (χ3v) is 3.85. The lowest BCUT2D eigenvalue weighted by molar-refractivity contribution is -0.187. The Morgan fingerprint density at radius 2 is 1.79 bits per heavy atom. The van der Waals surface area contributed by atoms with Gasteiger partial charge < -0.3 is 10.1 Å². The summed E-state index contributed by atoms with van der Waals surface area (Å²) in [6.45, 7) is 14.5. The Kier molecular flexibility index (Phi) is 4.66. The van der Waals surface area contributed by atoms with E-state index in [9.17, 15) is 5.26 Å². The Morgan fingerprint density at radius 3 is 2.16 bits per heavy atom. The zero-order valence-electron chi connectivity index (χ0n) is 13.5. The highest BCUT2D eigenvalue weighted by atomic mass is 16.5. The van der Waals surface area contributed by atoms with Gasteiger partial charge in [0.1, 0.15) is 5.54 Å². The van der Waals surface area contributed by atoms with E-state index in [-0.39, 0.29) is 11.2 Å². The molecule has 0 aromatic rings. The summed E-state index contributed by atoms with van der Waals surface area (Å²) in [6, 6.07) is 2.72. The van der Waals surface area contributed by atoms with E-state index in [0.29, 0.717) is 6.04 Å². The molecule has 0 amide bonds. The van der Waals surface area contributed by atoms with Gasteiger partial charge in [-0.15, -0.1) is 0 Å². The lowest BCUT2D eigenvalue weighted by atomic mass is 9.91. The van der Waals surface area contributed by atoms with E-state index in [2.05, 4.69) is 50.9 Å². The highest BCUT2D eigenvalue weighted by Gasteiger charge is 2.40. The third-order valence-electron chi connectivity index (χ3n) is 3.85. The summed E-state index contributed by atoms with van der Waals surface area (Å²) in [5.74, 6) is 0. The summed E-state index contributed by atoms with van der Waals surface area (Å²) in [5.41, 5.74) is -0.747. The van der Waals surface area contributed by atoms with Gasteiger partial charge in [-0.2, -0.15) is 5.26 Å². The number of rotatable bonds is 4. The summed E-state index contributed by atoms with van der Waals surface area (Å²) in [7, 11) is 1.85. The lowest BCUT2D eigenvalue weighted by Gasteiger charge is -2.49. The minimum Gasteiger partial charge on any atom is -0.367 e. The van der Waals surface area contributed by atoms with Crippen molar-refractivity contribution in [1.82, 2.24) is 10.2 Å². The van der Waals surface area contributed by atoms with Crippen molar-refractivity contribution in [2.24, 2.45) is 0 Å². The number of ether oxygens (including phenoxy) is 1. The van der Waals surface area contributed by atoms with Crippen molar-refractivity contribution in [3.8, 4) is 6.07 Å². The Hall–Kier alpha value is -0.630. The molecule has 110 valence electrons. The zero-order valence-corrected chi connectivity index (χ0v) is 13.5. The highest BCUT2D eigenvalue weighted by Crippen LogP contribution is 2.30. The van der Waals surface area contributed by atoms with Crippen LogP contribution in [0.4, 0.5) is 0 Å². The average molecular weight is 267 g/mol. The topological polar surface area (TPSA) is 48.3 Å². The maximum Gasteiger partial charge on any atom is 0.105 e. The van der Waals surface area contributed by atoms with E-state index >= 15 is 0 Å². The summed E-state index contributed by atoms with van der Waals surface area (Å²) < 4.78 is 6.10. The van der Waals surface area contributed by atoms with Gasteiger partial charge in [0.25, 0.3) is 0 Å². The molecule has 1 heterocycles. The minimum absolute atomic E-state index is 0.140. The molecule has 0 aromatic carbocycles. The number of morpholine rings is 1. The molecule has 0 radical (unpaired) electrons. The van der Waals surface area contributed by atoms with Gasteiger partial charge in [-0.3, -0.25) is 4.90 Å². The molecule has 0 aromatic heterocycles. The molecule has 2 atom stereocenters. The SMILES string of the molecule is CNC(C)(C#N)CC(C)N1CC(C)(C)OC(C)(C)C1. The number of nitrogens with one attached hydrogen (secondary N) is 1. The summed E-state index contributed by atoms with van der Waals surface area (Å²) in [4.78, 5) is 2.44. The molecule has 0 bridgehead atoms. The smallest absolute Gasteiger partial charge is 0.105 e. The monoisotopic (exact) mass is 267 g/mol. The van der Waals surface area contributed by atoms with Crippen LogP contribution < -0.4 is 5.32 Å². The molecule has 0 saturated carbocycles. The number of hydrogen-bond acceptors (Lipinski definition) is 4. The molecule has 1 aliphatic rings. The van der Waals surface area contributed by atoms with E-state index < -0.39 is 5.54 Å². The second-order valence-electron chi connectivity index (χ2n) is 7.27. The normalized spacial score (nSPS) is 27.3. The maximum absolute atomic E-state index is 9.28. The number of nitriles is 1. The van der Waals surface area contributed by atoms with Crippen LogP contribution in [-0.4, -0.2) is 47.8 Å². The molecule has 0 aliphatic carbocycles. The first-order valence-corrected chi connectivity index (χ1v) is 7.07. The van der Waals surface area contributed by atoms with Gasteiger partial charge in [0.05, 0.1) is 17.3 Å². The second kappa shape index (κ2) is 5.40. The largest absolute Gasteiger partial charge is 0.367 e. The Morgan fingerprint density at radius 1 is 1.32 bits per heavy atom. The highest BCUT2D eigenvalue weighted by molar-refractivity contribution is 5.05. The minimum atomic E-state index is -0.466. The van der Waals surface area contributed by atoms with Crippen LogP contribution in [0.2, 0.25) is 0 Å². The standard InChI is InChI=1S/C15H29N3O/c1-12(8-15(6,9-16)17-7)18-10-13(2,3)19-14(4,5)11-18/h12,17H,8,10-11H2,1-7H3. The molecule has 1 N–H and O–H groups in total. The molecule has 4 nitrogen and oxygen atoms in total. The summed E-state index contributed by atoms with van der Waals surface area (Å²) >= 11 is 0. The fourth-order valence-electron chi connectivity index (χ4n) is 3.08. The van der Waals surface area contributed by atoms with Crippen molar-refractivity contribution >= 4 is 0 Å². The molecular weight excluding hydrogens is 238 g/mol. The van der Waals surface area contributed by atoms with Gasteiger partial charge in [-0.1, -0.05) is 0 Å². The van der Waals surface area contributed by atoms with Crippen molar-refractivity contribution in [2.45, 2.75) is 70.7 Å². The van der Waals surface area contributed by atoms with Gasteiger partial charge in [0.2, 0.25) is 0 Å². The van der Waals surface area contributed by atoms with Crippen LogP contribution in [0.1, 0.15) is 48.0 Å². The zero-order chi connectivity index (χ0) is 14.9. The molecule has 0 spiro atoms. The predicted octanol–water partition coefficient (Wildman–Crippen LogP) is 2.16. The van der Waals surface area contributed by atoms with Crippen LogP contribution in [0, 0.1) is 11.3 Å². The van der Waals surface area contributed by atoms with Crippen LogP contribution in [0.15, 0.2) is 0 Å². The Bertz CT molecular complexity index is 343.